The SMILES string of the molecule is Cc1noc(/C=C/c2ccccc2)c1NC(=O)[C@@H](Cc1ccc(OC(C)(C)C)cc1)NC(=O)OCC1c2ccccc2-c2ccccc21. The summed E-state index contributed by atoms with van der Waals surface area (Å²) in [6.45, 7) is 7.83. The van der Waals surface area contributed by atoms with Crippen molar-refractivity contribution in [1.82, 2.24) is 10.5 Å². The second kappa shape index (κ2) is 14.0. The fraction of sp³-hybridized carbons (Fsp3) is 0.225. The Balaban J connectivity index is 1.19. The number of benzene rings is 4. The average Bonchev–Trinajstić information content (AvgIpc) is 3.59. The molecule has 8 nitrogen and oxygen atoms in total. The minimum atomic E-state index is -0.963. The first-order valence-corrected chi connectivity index (χ1v) is 16.0. The number of hydrogen-bond donors (Lipinski definition) is 2. The quantitative estimate of drug-likeness (QED) is 0.159. The average molecular weight is 642 g/mol. The van der Waals surface area contributed by atoms with Crippen LogP contribution in [0.3, 0.4) is 0 Å². The maximum atomic E-state index is 13.9. The van der Waals surface area contributed by atoms with E-state index in [9.17, 15) is 9.59 Å². The van der Waals surface area contributed by atoms with Gasteiger partial charge in [-0.1, -0.05) is 102 Å². The number of amides is 2. The molecule has 1 aromatic heterocycles. The highest BCUT2D eigenvalue weighted by Gasteiger charge is 2.30. The zero-order valence-electron chi connectivity index (χ0n) is 27.5. The number of rotatable bonds is 10. The fourth-order valence-electron chi connectivity index (χ4n) is 5.87. The number of anilines is 1. The smallest absolute Gasteiger partial charge is 0.407 e. The summed E-state index contributed by atoms with van der Waals surface area (Å²) < 4.78 is 17.3. The van der Waals surface area contributed by atoms with Gasteiger partial charge in [0.1, 0.15) is 35.4 Å². The van der Waals surface area contributed by atoms with Crippen molar-refractivity contribution in [3.8, 4) is 16.9 Å². The first-order chi connectivity index (χ1) is 23.1. The highest BCUT2D eigenvalue weighted by Crippen LogP contribution is 2.44. The fourth-order valence-corrected chi connectivity index (χ4v) is 5.87. The zero-order chi connectivity index (χ0) is 33.7. The summed E-state index contributed by atoms with van der Waals surface area (Å²) in [7, 11) is 0. The molecule has 0 aliphatic heterocycles. The molecule has 2 N–H and O–H groups in total. The Kier molecular flexibility index (Phi) is 9.43. The van der Waals surface area contributed by atoms with Gasteiger partial charge in [0.2, 0.25) is 5.91 Å². The second-order valence-electron chi connectivity index (χ2n) is 12.8. The Labute approximate surface area is 280 Å². The van der Waals surface area contributed by atoms with Crippen molar-refractivity contribution in [3.05, 3.63) is 137 Å². The molecule has 1 heterocycles. The Morgan fingerprint density at radius 2 is 1.48 bits per heavy atom. The molecule has 0 radical (unpaired) electrons. The second-order valence-corrected chi connectivity index (χ2v) is 12.8. The third-order valence-corrected chi connectivity index (χ3v) is 8.10. The lowest BCUT2D eigenvalue weighted by Gasteiger charge is -2.22. The summed E-state index contributed by atoms with van der Waals surface area (Å²) in [5.74, 6) is 0.573. The molecule has 0 saturated carbocycles. The van der Waals surface area contributed by atoms with Gasteiger partial charge in [0, 0.05) is 12.3 Å². The Morgan fingerprint density at radius 3 is 2.12 bits per heavy atom. The number of aryl methyl sites for hydroxylation is 1. The first kappa shape index (κ1) is 32.3. The van der Waals surface area contributed by atoms with Gasteiger partial charge in [-0.2, -0.15) is 0 Å². The van der Waals surface area contributed by atoms with Crippen molar-refractivity contribution in [2.24, 2.45) is 0 Å². The molecule has 1 atom stereocenters. The van der Waals surface area contributed by atoms with Crippen molar-refractivity contribution < 1.29 is 23.6 Å². The standard InChI is InChI=1S/C40H39N3O5/c1-26-37(36(48-43-26)23-20-27-12-6-5-7-13-27)42-38(44)35(24-28-18-21-29(22-19-28)47-40(2,3)4)41-39(45)46-25-34-32-16-10-8-14-30(32)31-15-9-11-17-33(31)34/h5-23,34-35H,24-25H2,1-4H3,(H,41,45)(H,42,44)/b23-20+/t35-/m1/s1. The van der Waals surface area contributed by atoms with Gasteiger partial charge < -0.3 is 24.6 Å². The van der Waals surface area contributed by atoms with Crippen molar-refractivity contribution in [1.29, 1.82) is 0 Å². The molecule has 8 heteroatoms. The molecule has 5 aromatic rings. The van der Waals surface area contributed by atoms with Crippen molar-refractivity contribution >= 4 is 29.8 Å². The maximum Gasteiger partial charge on any atom is 0.407 e. The lowest BCUT2D eigenvalue weighted by molar-refractivity contribution is -0.118. The topological polar surface area (TPSA) is 103 Å². The van der Waals surface area contributed by atoms with E-state index in [2.05, 4.69) is 40.1 Å². The van der Waals surface area contributed by atoms with E-state index >= 15 is 0 Å². The van der Waals surface area contributed by atoms with Gasteiger partial charge in [0.25, 0.3) is 0 Å². The molecule has 1 aliphatic carbocycles. The monoisotopic (exact) mass is 641 g/mol. The van der Waals surface area contributed by atoms with Gasteiger partial charge in [-0.3, -0.25) is 4.79 Å². The van der Waals surface area contributed by atoms with Crippen LogP contribution in [0.4, 0.5) is 10.5 Å². The van der Waals surface area contributed by atoms with E-state index in [1.165, 1.54) is 0 Å². The van der Waals surface area contributed by atoms with E-state index in [1.807, 2.05) is 106 Å². The molecule has 0 fully saturated rings. The lowest BCUT2D eigenvalue weighted by atomic mass is 9.98. The van der Waals surface area contributed by atoms with Crippen LogP contribution in [0, 0.1) is 6.92 Å². The van der Waals surface area contributed by atoms with Crippen LogP contribution < -0.4 is 15.4 Å². The van der Waals surface area contributed by atoms with E-state index in [0.29, 0.717) is 22.9 Å². The van der Waals surface area contributed by atoms with Crippen LogP contribution in [-0.4, -0.2) is 35.4 Å². The summed E-state index contributed by atoms with van der Waals surface area (Å²) in [6.07, 6.45) is 3.16. The number of alkyl carbamates (subject to hydrolysis) is 1. The minimum absolute atomic E-state index is 0.107. The highest BCUT2D eigenvalue weighted by atomic mass is 16.5. The number of nitrogens with zero attached hydrogens (tertiary/aromatic N) is 1. The van der Waals surface area contributed by atoms with E-state index in [4.69, 9.17) is 14.0 Å². The maximum absolute atomic E-state index is 13.9. The van der Waals surface area contributed by atoms with Gasteiger partial charge >= 0.3 is 6.09 Å². The summed E-state index contributed by atoms with van der Waals surface area (Å²) >= 11 is 0. The Hall–Kier alpha value is -5.63. The number of hydrogen-bond acceptors (Lipinski definition) is 6. The number of ether oxygens (including phenoxy) is 2. The van der Waals surface area contributed by atoms with Crippen LogP contribution in [0.25, 0.3) is 23.3 Å². The van der Waals surface area contributed by atoms with Gasteiger partial charge in [0.05, 0.1) is 0 Å². The van der Waals surface area contributed by atoms with Crippen molar-refractivity contribution in [2.45, 2.75) is 51.7 Å². The molecule has 1 aliphatic rings. The van der Waals surface area contributed by atoms with Crippen molar-refractivity contribution in [2.75, 3.05) is 11.9 Å². The number of fused-ring (bicyclic) bond motifs is 3. The van der Waals surface area contributed by atoms with Crippen molar-refractivity contribution in [3.63, 3.8) is 0 Å². The van der Waals surface area contributed by atoms with Crippen LogP contribution in [0.15, 0.2) is 108 Å². The van der Waals surface area contributed by atoms with Crippen LogP contribution in [0.5, 0.6) is 5.75 Å². The number of nitrogens with one attached hydrogen (secondary N) is 2. The number of aromatic nitrogens is 1. The molecule has 0 spiro atoms. The predicted molar refractivity (Wildman–Crippen MR) is 188 cm³/mol. The number of carbonyl (C=O) groups excluding carboxylic acids is 2. The highest BCUT2D eigenvalue weighted by molar-refractivity contribution is 5.98. The first-order valence-electron chi connectivity index (χ1n) is 16.0. The molecular formula is C40H39N3O5. The van der Waals surface area contributed by atoms with Gasteiger partial charge in [-0.15, -0.1) is 0 Å². The van der Waals surface area contributed by atoms with Crippen LogP contribution in [0.2, 0.25) is 0 Å². The molecule has 4 aromatic carbocycles. The van der Waals surface area contributed by atoms with Crippen LogP contribution in [0.1, 0.15) is 60.4 Å². The summed E-state index contributed by atoms with van der Waals surface area (Å²) in [5, 5.41) is 9.84. The molecule has 48 heavy (non-hydrogen) atoms. The number of carbonyl (C=O) groups is 2. The minimum Gasteiger partial charge on any atom is -0.488 e. The van der Waals surface area contributed by atoms with Crippen LogP contribution in [-0.2, 0) is 16.0 Å². The summed E-state index contributed by atoms with van der Waals surface area (Å²) in [5.41, 5.74) is 6.89. The molecule has 0 bridgehead atoms. The largest absolute Gasteiger partial charge is 0.488 e. The van der Waals surface area contributed by atoms with Gasteiger partial charge in [-0.25, -0.2) is 4.79 Å². The third-order valence-electron chi connectivity index (χ3n) is 8.10. The zero-order valence-corrected chi connectivity index (χ0v) is 27.5. The van der Waals surface area contributed by atoms with E-state index in [0.717, 1.165) is 33.4 Å². The molecule has 0 saturated heterocycles. The van der Waals surface area contributed by atoms with Gasteiger partial charge in [0.15, 0.2) is 5.76 Å². The molecular weight excluding hydrogens is 602 g/mol. The third kappa shape index (κ3) is 7.66. The molecule has 2 amide bonds. The van der Waals surface area contributed by atoms with E-state index in [-0.39, 0.29) is 24.5 Å². The molecule has 6 rings (SSSR count). The summed E-state index contributed by atoms with van der Waals surface area (Å²) in [4.78, 5) is 27.2. The Bertz CT molecular complexity index is 1880. The molecule has 244 valence electrons. The summed E-state index contributed by atoms with van der Waals surface area (Å²) in [6, 6.07) is 32.6. The normalized spacial score (nSPS) is 13.1. The Morgan fingerprint density at radius 1 is 0.854 bits per heavy atom. The predicted octanol–water partition coefficient (Wildman–Crippen LogP) is 8.42. The van der Waals surface area contributed by atoms with Crippen LogP contribution >= 0.6 is 0 Å². The van der Waals surface area contributed by atoms with E-state index < -0.39 is 18.0 Å². The van der Waals surface area contributed by atoms with Gasteiger partial charge in [-0.05, 0) is 79.3 Å². The van der Waals surface area contributed by atoms with E-state index in [1.54, 1.807) is 13.0 Å². The lowest BCUT2D eigenvalue weighted by Crippen LogP contribution is -2.45. The molecule has 0 unspecified atom stereocenters.